The van der Waals surface area contributed by atoms with Gasteiger partial charge in [-0.3, -0.25) is 0 Å². The van der Waals surface area contributed by atoms with Gasteiger partial charge in [0.1, 0.15) is 0 Å². The van der Waals surface area contributed by atoms with Crippen molar-refractivity contribution >= 4 is 77.2 Å². The van der Waals surface area contributed by atoms with Gasteiger partial charge in [0.25, 0.3) is 0 Å². The van der Waals surface area contributed by atoms with Crippen LogP contribution in [0.1, 0.15) is 77.6 Å². The molecule has 0 saturated heterocycles. The van der Waals surface area contributed by atoms with Crippen molar-refractivity contribution in [3.63, 3.8) is 0 Å². The van der Waals surface area contributed by atoms with E-state index in [9.17, 15) is 0 Å². The van der Waals surface area contributed by atoms with Crippen LogP contribution >= 0.6 is 0 Å². The highest BCUT2D eigenvalue weighted by molar-refractivity contribution is 6.24. The molecule has 2 heteroatoms. The van der Waals surface area contributed by atoms with E-state index < -0.39 is 0 Å². The average molecular weight is 917 g/mol. The van der Waals surface area contributed by atoms with Crippen molar-refractivity contribution in [2.45, 2.75) is 71.6 Å². The molecule has 0 spiro atoms. The third-order valence-corrected chi connectivity index (χ3v) is 15.3. The van der Waals surface area contributed by atoms with E-state index in [0.717, 1.165) is 34.1 Å². The number of nitrogens with zero attached hydrogens (tertiary/aromatic N) is 2. The first kappa shape index (κ1) is 44.3. The van der Waals surface area contributed by atoms with E-state index in [-0.39, 0.29) is 16.2 Å². The monoisotopic (exact) mass is 916 g/mol. The molecule has 0 saturated carbocycles. The van der Waals surface area contributed by atoms with Crippen LogP contribution in [0.2, 0.25) is 0 Å². The molecule has 1 aliphatic carbocycles. The zero-order valence-corrected chi connectivity index (χ0v) is 42.2. The normalized spacial score (nSPS) is 13.2. The fraction of sp³-hybridized carbons (Fsp3) is 0.159. The summed E-state index contributed by atoms with van der Waals surface area (Å²) in [6.07, 6.45) is 0. The Morgan fingerprint density at radius 3 is 1.34 bits per heavy atom. The van der Waals surface area contributed by atoms with Gasteiger partial charge in [-0.2, -0.15) is 0 Å². The Hall–Kier alpha value is -7.94. The van der Waals surface area contributed by atoms with Crippen LogP contribution in [0.5, 0.6) is 0 Å². The molecule has 0 bridgehead atoms. The lowest BCUT2D eigenvalue weighted by molar-refractivity contribution is 0.590. The third kappa shape index (κ3) is 7.56. The van der Waals surface area contributed by atoms with Crippen LogP contribution in [0, 0.1) is 0 Å². The smallest absolute Gasteiger partial charge is 0.0468 e. The molecule has 71 heavy (non-hydrogen) atoms. The van der Waals surface area contributed by atoms with Crippen LogP contribution in [0.3, 0.4) is 0 Å². The second-order valence-electron chi connectivity index (χ2n) is 22.3. The number of hydrogen-bond acceptors (Lipinski definition) is 2. The topological polar surface area (TPSA) is 6.48 Å². The van der Waals surface area contributed by atoms with Gasteiger partial charge in [-0.25, -0.2) is 0 Å². The molecule has 0 fully saturated rings. The lowest BCUT2D eigenvalue weighted by Crippen LogP contribution is -2.25. The summed E-state index contributed by atoms with van der Waals surface area (Å²) >= 11 is 0. The highest BCUT2D eigenvalue weighted by Gasteiger charge is 2.37. The van der Waals surface area contributed by atoms with Gasteiger partial charge in [-0.1, -0.05) is 201 Å². The number of hydrogen-bond donors (Lipinski definition) is 0. The molecule has 11 aromatic rings. The molecule has 2 nitrogen and oxygen atoms in total. The number of anilines is 6. The van der Waals surface area contributed by atoms with Gasteiger partial charge < -0.3 is 9.80 Å². The van der Waals surface area contributed by atoms with Crippen LogP contribution in [0.15, 0.2) is 218 Å². The largest absolute Gasteiger partial charge is 0.310 e. The SMILES string of the molecule is CC(C)(C)c1ccc(N(c2ccc3c(c2)C(C)(C)c2cccc4c2c-3c(-c2ccccc2)c2ccc(N(c3ccc(C(C)(C)C)cc3)c3ccc5ccccc5c3)cc24)c2ccc3ccccc3c2)cc1. The average Bonchev–Trinajstić information content (AvgIpc) is 3.38. The molecule has 0 amide bonds. The highest BCUT2D eigenvalue weighted by Crippen LogP contribution is 2.56. The summed E-state index contributed by atoms with van der Waals surface area (Å²) in [7, 11) is 0. The van der Waals surface area contributed by atoms with Crippen LogP contribution < -0.4 is 9.80 Å². The summed E-state index contributed by atoms with van der Waals surface area (Å²) in [5.41, 5.74) is 16.9. The molecule has 0 N–H and O–H groups in total. The molecule has 0 aliphatic heterocycles. The van der Waals surface area contributed by atoms with Gasteiger partial charge in [0, 0.05) is 39.5 Å². The van der Waals surface area contributed by atoms with E-state index in [0.29, 0.717) is 0 Å². The summed E-state index contributed by atoms with van der Waals surface area (Å²) in [6, 6.07) is 82.0. The fourth-order valence-corrected chi connectivity index (χ4v) is 11.4. The van der Waals surface area contributed by atoms with Crippen molar-refractivity contribution in [1.82, 2.24) is 0 Å². The minimum Gasteiger partial charge on any atom is -0.310 e. The lowest BCUT2D eigenvalue weighted by Gasteiger charge is -2.38. The maximum Gasteiger partial charge on any atom is 0.0468 e. The molecule has 0 atom stereocenters. The van der Waals surface area contributed by atoms with E-state index in [1.165, 1.54) is 87.6 Å². The molecule has 1 aliphatic rings. The third-order valence-electron chi connectivity index (χ3n) is 15.3. The molecule has 346 valence electrons. The minimum absolute atomic E-state index is 0.0470. The molecule has 0 heterocycles. The molecular weight excluding hydrogens is 857 g/mol. The summed E-state index contributed by atoms with van der Waals surface area (Å²) in [6.45, 7) is 18.6. The first-order chi connectivity index (χ1) is 34.2. The molecule has 0 radical (unpaired) electrons. The molecule has 0 unspecified atom stereocenters. The molecule has 11 aromatic carbocycles. The van der Waals surface area contributed by atoms with E-state index >= 15 is 0 Å². The Balaban J connectivity index is 1.09. The number of rotatable bonds is 7. The van der Waals surface area contributed by atoms with Crippen molar-refractivity contribution in [2.75, 3.05) is 9.80 Å². The van der Waals surface area contributed by atoms with Gasteiger partial charge in [-0.15, -0.1) is 0 Å². The van der Waals surface area contributed by atoms with Gasteiger partial charge in [0.05, 0.1) is 0 Å². The standard InChI is InChI=1S/C69H60N2/c1-67(2,3)50-27-33-52(34-28-50)70(54-31-25-45-17-12-14-21-48(45)41-54)56-37-39-59-61(43-56)58-23-16-24-62-65(58)66(64(59)47-19-10-9-11-20-47)60-40-38-57(44-63(60)69(62,7)8)71(53-35-29-51(30-36-53)68(4,5)6)55-32-26-46-18-13-15-22-49(46)42-55/h9-44H,1-8H3. The predicted molar refractivity (Wildman–Crippen MR) is 306 cm³/mol. The maximum atomic E-state index is 2.48. The van der Waals surface area contributed by atoms with E-state index in [2.05, 4.69) is 284 Å². The first-order valence-corrected chi connectivity index (χ1v) is 25.2. The summed E-state index contributed by atoms with van der Waals surface area (Å²) in [4.78, 5) is 4.89. The van der Waals surface area contributed by atoms with Crippen molar-refractivity contribution < 1.29 is 0 Å². The zero-order valence-electron chi connectivity index (χ0n) is 42.2. The molecular formula is C69H60N2. The van der Waals surface area contributed by atoms with Crippen LogP contribution in [0.4, 0.5) is 34.1 Å². The van der Waals surface area contributed by atoms with E-state index in [1.807, 2.05) is 0 Å². The summed E-state index contributed by atoms with van der Waals surface area (Å²) in [5, 5.41) is 10.0. The maximum absolute atomic E-state index is 2.48. The van der Waals surface area contributed by atoms with Crippen molar-refractivity contribution in [2.24, 2.45) is 0 Å². The quantitative estimate of drug-likeness (QED) is 0.147. The molecule has 0 aromatic heterocycles. The Bertz CT molecular complexity index is 3850. The Morgan fingerprint density at radius 2 is 0.789 bits per heavy atom. The second-order valence-corrected chi connectivity index (χ2v) is 22.3. The fourth-order valence-electron chi connectivity index (χ4n) is 11.4. The lowest BCUT2D eigenvalue weighted by atomic mass is 9.66. The van der Waals surface area contributed by atoms with Gasteiger partial charge >= 0.3 is 0 Å². The van der Waals surface area contributed by atoms with Crippen molar-refractivity contribution in [3.05, 3.63) is 241 Å². The summed E-state index contributed by atoms with van der Waals surface area (Å²) < 4.78 is 0. The highest BCUT2D eigenvalue weighted by atomic mass is 15.1. The number of benzene rings is 11. The van der Waals surface area contributed by atoms with Gasteiger partial charge in [0.2, 0.25) is 0 Å². The van der Waals surface area contributed by atoms with Crippen molar-refractivity contribution in [3.8, 4) is 22.3 Å². The first-order valence-electron chi connectivity index (χ1n) is 25.2. The predicted octanol–water partition coefficient (Wildman–Crippen LogP) is 19.8. The van der Waals surface area contributed by atoms with Crippen LogP contribution in [-0.4, -0.2) is 0 Å². The minimum atomic E-state index is -0.325. The van der Waals surface area contributed by atoms with Gasteiger partial charge in [-0.05, 0) is 171 Å². The van der Waals surface area contributed by atoms with Crippen LogP contribution in [-0.2, 0) is 16.2 Å². The van der Waals surface area contributed by atoms with E-state index in [1.54, 1.807) is 0 Å². The summed E-state index contributed by atoms with van der Waals surface area (Å²) in [5.74, 6) is 0. The Morgan fingerprint density at radius 1 is 0.324 bits per heavy atom. The van der Waals surface area contributed by atoms with Crippen molar-refractivity contribution in [1.29, 1.82) is 0 Å². The Labute approximate surface area is 419 Å². The van der Waals surface area contributed by atoms with E-state index in [4.69, 9.17) is 0 Å². The van der Waals surface area contributed by atoms with Gasteiger partial charge in [0.15, 0.2) is 0 Å². The zero-order chi connectivity index (χ0) is 48.8. The molecule has 12 rings (SSSR count). The Kier molecular flexibility index (Phi) is 10.4. The number of fused-ring (bicyclic) bond motifs is 6. The second kappa shape index (κ2) is 16.6. The van der Waals surface area contributed by atoms with Crippen LogP contribution in [0.25, 0.3) is 65.3 Å².